The van der Waals surface area contributed by atoms with E-state index in [1.54, 1.807) is 0 Å². The van der Waals surface area contributed by atoms with E-state index in [0.717, 1.165) is 18.9 Å². The molecule has 21 heavy (non-hydrogen) atoms. The lowest BCUT2D eigenvalue weighted by Crippen LogP contribution is -2.32. The van der Waals surface area contributed by atoms with Gasteiger partial charge in [-0.1, -0.05) is 0 Å². The summed E-state index contributed by atoms with van der Waals surface area (Å²) >= 11 is 0. The van der Waals surface area contributed by atoms with Gasteiger partial charge in [-0.05, 0) is 31.0 Å². The van der Waals surface area contributed by atoms with Gasteiger partial charge in [-0.3, -0.25) is 0 Å². The van der Waals surface area contributed by atoms with Gasteiger partial charge in [-0.25, -0.2) is 17.9 Å². The van der Waals surface area contributed by atoms with Crippen LogP contribution >= 0.6 is 0 Å². The highest BCUT2D eigenvalue weighted by Crippen LogP contribution is 2.44. The molecule has 1 aromatic rings. The number of methoxy groups -OCH3 is 1. The molecule has 1 fully saturated rings. The van der Waals surface area contributed by atoms with Crippen LogP contribution in [0.2, 0.25) is 0 Å². The van der Waals surface area contributed by atoms with Gasteiger partial charge < -0.3 is 14.9 Å². The van der Waals surface area contributed by atoms with Crippen molar-refractivity contribution >= 4 is 16.0 Å². The molecule has 1 saturated carbocycles. The number of aliphatic hydroxyl groups is 1. The van der Waals surface area contributed by atoms with Crippen molar-refractivity contribution in [1.29, 1.82) is 0 Å². The van der Waals surface area contributed by atoms with Crippen LogP contribution < -0.4 is 9.46 Å². The highest BCUT2D eigenvalue weighted by molar-refractivity contribution is 7.89. The molecule has 7 nitrogen and oxygen atoms in total. The zero-order valence-corrected chi connectivity index (χ0v) is 12.3. The maximum absolute atomic E-state index is 12.3. The number of nitrogens with one attached hydrogen (secondary N) is 1. The molecule has 0 aliphatic heterocycles. The summed E-state index contributed by atoms with van der Waals surface area (Å²) in [7, 11) is -2.60. The fourth-order valence-corrected chi connectivity index (χ4v) is 3.26. The summed E-state index contributed by atoms with van der Waals surface area (Å²) in [5.74, 6) is -1.15. The van der Waals surface area contributed by atoms with Gasteiger partial charge >= 0.3 is 5.97 Å². The van der Waals surface area contributed by atoms with Crippen molar-refractivity contribution in [1.82, 2.24) is 4.72 Å². The first-order valence-corrected chi connectivity index (χ1v) is 7.84. The van der Waals surface area contributed by atoms with Gasteiger partial charge in [0.2, 0.25) is 10.0 Å². The Bertz CT molecular complexity index is 651. The molecule has 0 radical (unpaired) electrons. The monoisotopic (exact) mass is 315 g/mol. The summed E-state index contributed by atoms with van der Waals surface area (Å²) in [5.41, 5.74) is -0.524. The van der Waals surface area contributed by atoms with Gasteiger partial charge in [-0.2, -0.15) is 0 Å². The van der Waals surface area contributed by atoms with Crippen LogP contribution in [0.3, 0.4) is 0 Å². The second-order valence-corrected chi connectivity index (χ2v) is 6.89. The average Bonchev–Trinajstić information content (AvgIpc) is 3.25. The molecule has 3 N–H and O–H groups in total. The summed E-state index contributed by atoms with van der Waals surface area (Å²) in [6, 6.07) is 3.63. The van der Waals surface area contributed by atoms with E-state index in [1.165, 1.54) is 19.2 Å². The van der Waals surface area contributed by atoms with E-state index >= 15 is 0 Å². The first kappa shape index (κ1) is 15.7. The van der Waals surface area contributed by atoms with Crippen molar-refractivity contribution in [2.75, 3.05) is 20.3 Å². The maximum Gasteiger partial charge on any atom is 0.335 e. The third-order valence-electron chi connectivity index (χ3n) is 3.63. The van der Waals surface area contributed by atoms with E-state index in [1.807, 2.05) is 0 Å². The van der Waals surface area contributed by atoms with Gasteiger partial charge in [0.25, 0.3) is 0 Å². The predicted molar refractivity (Wildman–Crippen MR) is 73.9 cm³/mol. The Labute approximate surface area is 122 Å². The van der Waals surface area contributed by atoms with Crippen LogP contribution in [-0.4, -0.2) is 44.9 Å². The SMILES string of the molecule is COc1ccc(C(=O)O)cc1S(=O)(=O)NCC1(CO)CC1. The van der Waals surface area contributed by atoms with Crippen LogP contribution in [0.25, 0.3) is 0 Å². The van der Waals surface area contributed by atoms with E-state index in [4.69, 9.17) is 9.84 Å². The Kier molecular flexibility index (Phi) is 4.22. The van der Waals surface area contributed by atoms with Crippen LogP contribution in [0.1, 0.15) is 23.2 Å². The molecular formula is C13H17NO6S. The van der Waals surface area contributed by atoms with Crippen molar-refractivity contribution in [3.8, 4) is 5.75 Å². The maximum atomic E-state index is 12.3. The van der Waals surface area contributed by atoms with Crippen LogP contribution in [0, 0.1) is 5.41 Å². The Morgan fingerprint density at radius 2 is 2.10 bits per heavy atom. The van der Waals surface area contributed by atoms with Gasteiger partial charge in [0.1, 0.15) is 10.6 Å². The summed E-state index contributed by atoms with van der Waals surface area (Å²) in [4.78, 5) is 10.7. The molecule has 1 aliphatic carbocycles. The largest absolute Gasteiger partial charge is 0.495 e. The molecule has 0 bridgehead atoms. The number of carbonyl (C=O) groups is 1. The van der Waals surface area contributed by atoms with Crippen LogP contribution in [0.5, 0.6) is 5.75 Å². The molecule has 2 rings (SSSR count). The molecule has 0 unspecified atom stereocenters. The third-order valence-corrected chi connectivity index (χ3v) is 5.05. The van der Waals surface area contributed by atoms with Crippen LogP contribution in [0.15, 0.2) is 23.1 Å². The van der Waals surface area contributed by atoms with Gasteiger partial charge in [0.15, 0.2) is 0 Å². The fraction of sp³-hybridized carbons (Fsp3) is 0.462. The second kappa shape index (κ2) is 5.63. The number of aliphatic hydroxyl groups excluding tert-OH is 1. The fourth-order valence-electron chi connectivity index (χ4n) is 1.91. The molecule has 0 amide bonds. The minimum atomic E-state index is -3.91. The Balaban J connectivity index is 2.29. The van der Waals surface area contributed by atoms with Crippen molar-refractivity contribution in [3.05, 3.63) is 23.8 Å². The number of carboxylic acids is 1. The van der Waals surface area contributed by atoms with E-state index in [0.29, 0.717) is 0 Å². The van der Waals surface area contributed by atoms with Crippen molar-refractivity contribution in [2.24, 2.45) is 5.41 Å². The predicted octanol–water partition coefficient (Wildman–Crippen LogP) is 0.444. The molecule has 1 aliphatic rings. The van der Waals surface area contributed by atoms with E-state index in [2.05, 4.69) is 4.72 Å². The minimum absolute atomic E-state index is 0.0707. The van der Waals surface area contributed by atoms with Gasteiger partial charge in [0, 0.05) is 18.6 Å². The standard InChI is InChI=1S/C13H17NO6S/c1-20-10-3-2-9(12(16)17)6-11(10)21(18,19)14-7-13(8-15)4-5-13/h2-3,6,14-15H,4-5,7-8H2,1H3,(H,16,17). The van der Waals surface area contributed by atoms with Gasteiger partial charge in [-0.15, -0.1) is 0 Å². The topological polar surface area (TPSA) is 113 Å². The Morgan fingerprint density at radius 1 is 1.43 bits per heavy atom. The highest BCUT2D eigenvalue weighted by Gasteiger charge is 2.42. The Morgan fingerprint density at radius 3 is 2.57 bits per heavy atom. The number of hydrogen-bond acceptors (Lipinski definition) is 5. The number of benzene rings is 1. The highest BCUT2D eigenvalue weighted by atomic mass is 32.2. The molecule has 116 valence electrons. The number of aromatic carboxylic acids is 1. The van der Waals surface area contributed by atoms with Gasteiger partial charge in [0.05, 0.1) is 12.7 Å². The first-order valence-electron chi connectivity index (χ1n) is 6.35. The number of sulfonamides is 1. The normalized spacial score (nSPS) is 16.5. The lowest BCUT2D eigenvalue weighted by Gasteiger charge is -2.15. The summed E-state index contributed by atoms with van der Waals surface area (Å²) < 4.78 is 32.0. The minimum Gasteiger partial charge on any atom is -0.495 e. The molecule has 1 aromatic carbocycles. The number of ether oxygens (including phenoxy) is 1. The zero-order valence-electron chi connectivity index (χ0n) is 11.5. The average molecular weight is 315 g/mol. The summed E-state index contributed by atoms with van der Waals surface area (Å²) in [6.45, 7) is 0.0358. The first-order chi connectivity index (χ1) is 9.83. The van der Waals surface area contributed by atoms with E-state index < -0.39 is 16.0 Å². The molecule has 8 heteroatoms. The Hall–Kier alpha value is -1.64. The van der Waals surface area contributed by atoms with Crippen LogP contribution in [-0.2, 0) is 10.0 Å². The third kappa shape index (κ3) is 3.34. The molecule has 0 saturated heterocycles. The number of hydrogen-bond donors (Lipinski definition) is 3. The molecule has 0 spiro atoms. The lowest BCUT2D eigenvalue weighted by atomic mass is 10.1. The zero-order chi connectivity index (χ0) is 15.7. The second-order valence-electron chi connectivity index (χ2n) is 5.15. The molecular weight excluding hydrogens is 298 g/mol. The van der Waals surface area contributed by atoms with Crippen molar-refractivity contribution in [2.45, 2.75) is 17.7 Å². The summed E-state index contributed by atoms with van der Waals surface area (Å²) in [6.07, 6.45) is 1.52. The number of carboxylic acid groups (broad SMARTS) is 1. The smallest absolute Gasteiger partial charge is 0.335 e. The number of rotatable bonds is 7. The van der Waals surface area contributed by atoms with E-state index in [-0.39, 0.29) is 34.8 Å². The lowest BCUT2D eigenvalue weighted by molar-refractivity contribution is 0.0696. The van der Waals surface area contributed by atoms with E-state index in [9.17, 15) is 18.3 Å². The molecule has 0 aromatic heterocycles. The van der Waals surface area contributed by atoms with Crippen molar-refractivity contribution < 1.29 is 28.2 Å². The summed E-state index contributed by atoms with van der Waals surface area (Å²) in [5, 5.41) is 18.2. The quantitative estimate of drug-likeness (QED) is 0.673. The van der Waals surface area contributed by atoms with Crippen molar-refractivity contribution in [3.63, 3.8) is 0 Å². The molecule has 0 atom stereocenters. The van der Waals surface area contributed by atoms with Crippen LogP contribution in [0.4, 0.5) is 0 Å². The molecule has 0 heterocycles.